The number of amides is 1. The number of sulfonamides is 1. The molecule has 28 heavy (non-hydrogen) atoms. The van der Waals surface area contributed by atoms with Gasteiger partial charge in [-0.2, -0.15) is 0 Å². The molecule has 0 aliphatic rings. The first kappa shape index (κ1) is 20.1. The van der Waals surface area contributed by atoms with E-state index in [0.29, 0.717) is 5.56 Å². The first-order valence-electron chi connectivity index (χ1n) is 8.95. The standard InChI is InChI=1S/C21H24N2O4S/c1-14-9-10-18-17(13-27-21(18)15(14)2)11-20(24)22-12-16-7-5-6-8-19(16)28(25,26)23(3)4/h5-10,13H,11-12H2,1-4H3,(H,22,24). The molecule has 0 atom stereocenters. The Balaban J connectivity index is 1.75. The van der Waals surface area contributed by atoms with Gasteiger partial charge in [-0.15, -0.1) is 0 Å². The van der Waals surface area contributed by atoms with E-state index in [9.17, 15) is 13.2 Å². The van der Waals surface area contributed by atoms with Crippen molar-refractivity contribution in [2.45, 2.75) is 31.7 Å². The number of carbonyl (C=O) groups is 1. The smallest absolute Gasteiger partial charge is 0.242 e. The molecule has 7 heteroatoms. The molecule has 2 aromatic carbocycles. The summed E-state index contributed by atoms with van der Waals surface area (Å²) in [5.74, 6) is -0.196. The number of carbonyl (C=O) groups excluding carboxylic acids is 1. The van der Waals surface area contributed by atoms with E-state index < -0.39 is 10.0 Å². The van der Waals surface area contributed by atoms with E-state index in [1.54, 1.807) is 30.5 Å². The molecule has 0 unspecified atom stereocenters. The van der Waals surface area contributed by atoms with Crippen LogP contribution < -0.4 is 5.32 Å². The largest absolute Gasteiger partial charge is 0.464 e. The summed E-state index contributed by atoms with van der Waals surface area (Å²) in [6, 6.07) is 10.6. The van der Waals surface area contributed by atoms with Crippen molar-refractivity contribution < 1.29 is 17.6 Å². The Morgan fingerprint density at radius 2 is 1.79 bits per heavy atom. The SMILES string of the molecule is Cc1ccc2c(CC(=O)NCc3ccccc3S(=O)(=O)N(C)C)coc2c1C. The van der Waals surface area contributed by atoms with Crippen molar-refractivity contribution in [3.63, 3.8) is 0 Å². The number of nitrogens with one attached hydrogen (secondary N) is 1. The number of rotatable bonds is 6. The number of aryl methyl sites for hydroxylation is 2. The number of furan rings is 1. The molecule has 0 saturated heterocycles. The van der Waals surface area contributed by atoms with Gasteiger partial charge in [-0.1, -0.05) is 30.3 Å². The van der Waals surface area contributed by atoms with Crippen molar-refractivity contribution >= 4 is 26.9 Å². The molecule has 0 spiro atoms. The monoisotopic (exact) mass is 400 g/mol. The first-order chi connectivity index (χ1) is 13.2. The summed E-state index contributed by atoms with van der Waals surface area (Å²) in [6.07, 6.45) is 1.78. The van der Waals surface area contributed by atoms with Gasteiger partial charge in [0.05, 0.1) is 17.6 Å². The normalized spacial score (nSPS) is 11.9. The third-order valence-corrected chi connectivity index (χ3v) is 6.82. The van der Waals surface area contributed by atoms with Crippen LogP contribution >= 0.6 is 0 Å². The predicted molar refractivity (Wildman–Crippen MR) is 109 cm³/mol. The van der Waals surface area contributed by atoms with E-state index in [1.807, 2.05) is 26.0 Å². The summed E-state index contributed by atoms with van der Waals surface area (Å²) >= 11 is 0. The van der Waals surface area contributed by atoms with Gasteiger partial charge in [0, 0.05) is 31.6 Å². The van der Waals surface area contributed by atoms with Crippen molar-refractivity contribution in [3.8, 4) is 0 Å². The maximum atomic E-state index is 12.5. The highest BCUT2D eigenvalue weighted by atomic mass is 32.2. The van der Waals surface area contributed by atoms with Gasteiger partial charge < -0.3 is 9.73 Å². The lowest BCUT2D eigenvalue weighted by Crippen LogP contribution is -2.27. The van der Waals surface area contributed by atoms with Gasteiger partial charge in [0.25, 0.3) is 0 Å². The van der Waals surface area contributed by atoms with Crippen molar-refractivity contribution in [1.82, 2.24) is 9.62 Å². The minimum Gasteiger partial charge on any atom is -0.464 e. The van der Waals surface area contributed by atoms with Crippen LogP contribution in [0.1, 0.15) is 22.3 Å². The molecule has 148 valence electrons. The summed E-state index contributed by atoms with van der Waals surface area (Å²) < 4.78 is 31.7. The summed E-state index contributed by atoms with van der Waals surface area (Å²) in [5, 5.41) is 3.74. The highest BCUT2D eigenvalue weighted by Gasteiger charge is 2.21. The fourth-order valence-corrected chi connectivity index (χ4v) is 4.17. The minimum atomic E-state index is -3.58. The van der Waals surface area contributed by atoms with Crippen LogP contribution in [0.15, 0.2) is 52.0 Å². The second kappa shape index (κ2) is 7.77. The third kappa shape index (κ3) is 3.81. The van der Waals surface area contributed by atoms with Crippen LogP contribution in [0.4, 0.5) is 0 Å². The van der Waals surface area contributed by atoms with E-state index in [0.717, 1.165) is 32.0 Å². The van der Waals surface area contributed by atoms with Crippen molar-refractivity contribution in [1.29, 1.82) is 0 Å². The maximum Gasteiger partial charge on any atom is 0.242 e. The Labute approximate surface area is 165 Å². The molecule has 6 nitrogen and oxygen atoms in total. The molecule has 1 aromatic heterocycles. The third-order valence-electron chi connectivity index (χ3n) is 4.90. The van der Waals surface area contributed by atoms with Crippen molar-refractivity contribution in [2.75, 3.05) is 14.1 Å². The quantitative estimate of drug-likeness (QED) is 0.689. The minimum absolute atomic E-state index is 0.135. The van der Waals surface area contributed by atoms with Crippen molar-refractivity contribution in [3.05, 3.63) is 64.9 Å². The van der Waals surface area contributed by atoms with E-state index in [-0.39, 0.29) is 23.8 Å². The van der Waals surface area contributed by atoms with E-state index in [2.05, 4.69) is 5.32 Å². The number of benzene rings is 2. The number of hydrogen-bond acceptors (Lipinski definition) is 4. The van der Waals surface area contributed by atoms with Crippen LogP contribution in [-0.4, -0.2) is 32.7 Å². The fourth-order valence-electron chi connectivity index (χ4n) is 3.05. The van der Waals surface area contributed by atoms with Gasteiger partial charge in [0.1, 0.15) is 5.58 Å². The van der Waals surface area contributed by atoms with Gasteiger partial charge in [0.2, 0.25) is 15.9 Å². The summed E-state index contributed by atoms with van der Waals surface area (Å²) in [5.41, 5.74) is 4.35. The van der Waals surface area contributed by atoms with E-state index >= 15 is 0 Å². The molecule has 0 bridgehead atoms. The Kier molecular flexibility index (Phi) is 5.58. The van der Waals surface area contributed by atoms with Gasteiger partial charge >= 0.3 is 0 Å². The number of fused-ring (bicyclic) bond motifs is 1. The summed E-state index contributed by atoms with van der Waals surface area (Å²) in [7, 11) is -0.607. The topological polar surface area (TPSA) is 79.6 Å². The molecule has 3 aromatic rings. The lowest BCUT2D eigenvalue weighted by Gasteiger charge is -2.15. The summed E-state index contributed by atoms with van der Waals surface area (Å²) in [4.78, 5) is 12.7. The fraction of sp³-hybridized carbons (Fsp3) is 0.286. The molecule has 0 radical (unpaired) electrons. The molecule has 1 amide bonds. The zero-order valence-electron chi connectivity index (χ0n) is 16.4. The van der Waals surface area contributed by atoms with Crippen LogP contribution in [-0.2, 0) is 27.8 Å². The lowest BCUT2D eigenvalue weighted by atomic mass is 10.0. The number of nitrogens with zero attached hydrogens (tertiary/aromatic N) is 1. The first-order valence-corrected chi connectivity index (χ1v) is 10.4. The molecule has 0 saturated carbocycles. The highest BCUT2D eigenvalue weighted by Crippen LogP contribution is 2.26. The average molecular weight is 401 g/mol. The highest BCUT2D eigenvalue weighted by molar-refractivity contribution is 7.89. The molecule has 3 rings (SSSR count). The molecule has 1 N–H and O–H groups in total. The molecule has 0 fully saturated rings. The lowest BCUT2D eigenvalue weighted by molar-refractivity contribution is -0.120. The molecule has 1 heterocycles. The van der Waals surface area contributed by atoms with Gasteiger partial charge in [0.15, 0.2) is 0 Å². The maximum absolute atomic E-state index is 12.5. The average Bonchev–Trinajstić information content (AvgIpc) is 3.06. The Morgan fingerprint density at radius 1 is 1.07 bits per heavy atom. The molecular weight excluding hydrogens is 376 g/mol. The predicted octanol–water partition coefficient (Wildman–Crippen LogP) is 3.16. The van der Waals surface area contributed by atoms with Crippen LogP contribution in [0.5, 0.6) is 0 Å². The Hall–Kier alpha value is -2.64. The van der Waals surface area contributed by atoms with Gasteiger partial charge in [-0.3, -0.25) is 4.79 Å². The van der Waals surface area contributed by atoms with Gasteiger partial charge in [-0.25, -0.2) is 12.7 Å². The zero-order valence-corrected chi connectivity index (χ0v) is 17.3. The molecule has 0 aliphatic carbocycles. The Morgan fingerprint density at radius 3 is 2.50 bits per heavy atom. The second-order valence-electron chi connectivity index (χ2n) is 6.99. The summed E-state index contributed by atoms with van der Waals surface area (Å²) in [6.45, 7) is 4.14. The van der Waals surface area contributed by atoms with Gasteiger partial charge in [-0.05, 0) is 36.6 Å². The zero-order chi connectivity index (χ0) is 20.5. The second-order valence-corrected chi connectivity index (χ2v) is 9.11. The number of hydrogen-bond donors (Lipinski definition) is 1. The van der Waals surface area contributed by atoms with Crippen molar-refractivity contribution in [2.24, 2.45) is 0 Å². The molecular formula is C21H24N2O4S. The van der Waals surface area contributed by atoms with Crippen LogP contribution in [0.2, 0.25) is 0 Å². The van der Waals surface area contributed by atoms with Crippen LogP contribution in [0.3, 0.4) is 0 Å². The van der Waals surface area contributed by atoms with Crippen LogP contribution in [0.25, 0.3) is 11.0 Å². The molecule has 0 aliphatic heterocycles. The van der Waals surface area contributed by atoms with Crippen LogP contribution in [0, 0.1) is 13.8 Å². The van der Waals surface area contributed by atoms with E-state index in [1.165, 1.54) is 14.1 Å². The Bertz CT molecular complexity index is 1130. The van der Waals surface area contributed by atoms with E-state index in [4.69, 9.17) is 4.42 Å².